The van der Waals surface area contributed by atoms with E-state index in [1.165, 1.54) is 18.2 Å². The molecule has 0 heterocycles. The standard InChI is InChI=1S/C13H16F2N2O2/c14-13(15)19-10-3-1-2-9(6-10)12(18)17-11(7-16)8-4-5-8/h1-3,6,8,11,13H,4-5,7,16H2,(H,17,18). The molecule has 0 bridgehead atoms. The van der Waals surface area contributed by atoms with Gasteiger partial charge in [0.1, 0.15) is 5.75 Å². The van der Waals surface area contributed by atoms with Gasteiger partial charge < -0.3 is 15.8 Å². The van der Waals surface area contributed by atoms with Crippen molar-refractivity contribution < 1.29 is 18.3 Å². The molecule has 3 N–H and O–H groups in total. The maximum absolute atomic E-state index is 12.1. The molecule has 1 aromatic rings. The molecule has 4 nitrogen and oxygen atoms in total. The van der Waals surface area contributed by atoms with Crippen LogP contribution in [0.5, 0.6) is 5.75 Å². The van der Waals surface area contributed by atoms with E-state index in [4.69, 9.17) is 5.73 Å². The third kappa shape index (κ3) is 3.89. The summed E-state index contributed by atoms with van der Waals surface area (Å²) in [5, 5.41) is 2.82. The van der Waals surface area contributed by atoms with Gasteiger partial charge in [0.25, 0.3) is 5.91 Å². The Labute approximate surface area is 109 Å². The monoisotopic (exact) mass is 270 g/mol. The Morgan fingerprint density at radius 3 is 2.79 bits per heavy atom. The van der Waals surface area contributed by atoms with Crippen LogP contribution in [-0.4, -0.2) is 25.1 Å². The zero-order valence-corrected chi connectivity index (χ0v) is 10.3. The van der Waals surface area contributed by atoms with Crippen LogP contribution in [0.15, 0.2) is 24.3 Å². The summed E-state index contributed by atoms with van der Waals surface area (Å²) < 4.78 is 28.4. The van der Waals surface area contributed by atoms with Crippen molar-refractivity contribution in [2.45, 2.75) is 25.5 Å². The number of carbonyl (C=O) groups excluding carboxylic acids is 1. The summed E-state index contributed by atoms with van der Waals surface area (Å²) in [5.74, 6) is 0.0925. The molecule has 0 aliphatic heterocycles. The van der Waals surface area contributed by atoms with Crippen molar-refractivity contribution >= 4 is 5.91 Å². The maximum atomic E-state index is 12.1. The Hall–Kier alpha value is -1.69. The van der Waals surface area contributed by atoms with Crippen molar-refractivity contribution in [3.63, 3.8) is 0 Å². The molecule has 0 saturated heterocycles. The van der Waals surface area contributed by atoms with Gasteiger partial charge in [0.15, 0.2) is 0 Å². The minimum absolute atomic E-state index is 0.0293. The predicted molar refractivity (Wildman–Crippen MR) is 66.1 cm³/mol. The average molecular weight is 270 g/mol. The van der Waals surface area contributed by atoms with Crippen molar-refractivity contribution in [3.8, 4) is 5.75 Å². The molecule has 1 aliphatic carbocycles. The summed E-state index contributed by atoms with van der Waals surface area (Å²) in [7, 11) is 0. The largest absolute Gasteiger partial charge is 0.435 e. The third-order valence-corrected chi connectivity index (χ3v) is 3.08. The van der Waals surface area contributed by atoms with Crippen LogP contribution in [0.4, 0.5) is 8.78 Å². The first-order valence-electron chi connectivity index (χ1n) is 6.16. The second kappa shape index (κ2) is 5.97. The number of rotatable bonds is 6. The van der Waals surface area contributed by atoms with E-state index in [2.05, 4.69) is 10.1 Å². The Morgan fingerprint density at radius 1 is 1.47 bits per heavy atom. The van der Waals surface area contributed by atoms with Crippen molar-refractivity contribution in [2.75, 3.05) is 6.54 Å². The zero-order valence-electron chi connectivity index (χ0n) is 10.3. The lowest BCUT2D eigenvalue weighted by molar-refractivity contribution is -0.0498. The molecule has 1 unspecified atom stereocenters. The number of nitrogens with two attached hydrogens (primary N) is 1. The normalized spacial score (nSPS) is 16.2. The molecule has 19 heavy (non-hydrogen) atoms. The molecule has 2 rings (SSSR count). The zero-order chi connectivity index (χ0) is 13.8. The molecule has 1 aliphatic rings. The quantitative estimate of drug-likeness (QED) is 0.827. The Morgan fingerprint density at radius 2 is 2.21 bits per heavy atom. The van der Waals surface area contributed by atoms with Gasteiger partial charge in [0, 0.05) is 18.2 Å². The highest BCUT2D eigenvalue weighted by molar-refractivity contribution is 5.94. The molecule has 1 aromatic carbocycles. The van der Waals surface area contributed by atoms with Gasteiger partial charge in [0.2, 0.25) is 0 Å². The van der Waals surface area contributed by atoms with Crippen molar-refractivity contribution in [1.82, 2.24) is 5.32 Å². The summed E-state index contributed by atoms with van der Waals surface area (Å²) in [4.78, 5) is 12.0. The lowest BCUT2D eigenvalue weighted by Gasteiger charge is -2.16. The van der Waals surface area contributed by atoms with E-state index in [0.29, 0.717) is 12.5 Å². The van der Waals surface area contributed by atoms with Gasteiger partial charge in [-0.25, -0.2) is 0 Å². The van der Waals surface area contributed by atoms with Crippen molar-refractivity contribution in [3.05, 3.63) is 29.8 Å². The molecule has 1 fully saturated rings. The van der Waals surface area contributed by atoms with Crippen LogP contribution < -0.4 is 15.8 Å². The van der Waals surface area contributed by atoms with Crippen LogP contribution in [0.2, 0.25) is 0 Å². The van der Waals surface area contributed by atoms with Crippen LogP contribution in [0.1, 0.15) is 23.2 Å². The number of nitrogens with one attached hydrogen (secondary N) is 1. The highest BCUT2D eigenvalue weighted by atomic mass is 19.3. The fraction of sp³-hybridized carbons (Fsp3) is 0.462. The summed E-state index contributed by atoms with van der Waals surface area (Å²) in [6.45, 7) is -2.52. The summed E-state index contributed by atoms with van der Waals surface area (Å²) in [6.07, 6.45) is 2.13. The lowest BCUT2D eigenvalue weighted by Crippen LogP contribution is -2.41. The fourth-order valence-electron chi connectivity index (χ4n) is 1.93. The molecule has 0 aromatic heterocycles. The number of alkyl halides is 2. The first-order chi connectivity index (χ1) is 9.10. The molecule has 0 spiro atoms. The first kappa shape index (κ1) is 13.7. The van der Waals surface area contributed by atoms with Gasteiger partial charge in [0.05, 0.1) is 0 Å². The molecule has 0 radical (unpaired) electrons. The minimum Gasteiger partial charge on any atom is -0.435 e. The minimum atomic E-state index is -2.90. The van der Waals surface area contributed by atoms with E-state index in [1.54, 1.807) is 6.07 Å². The number of hydrogen-bond donors (Lipinski definition) is 2. The summed E-state index contributed by atoms with van der Waals surface area (Å²) >= 11 is 0. The van der Waals surface area contributed by atoms with Crippen molar-refractivity contribution in [1.29, 1.82) is 0 Å². The predicted octanol–water partition coefficient (Wildman–Crippen LogP) is 1.76. The average Bonchev–Trinajstić information content (AvgIpc) is 3.19. The van der Waals surface area contributed by atoms with Crippen LogP contribution in [0, 0.1) is 5.92 Å². The van der Waals surface area contributed by atoms with Crippen LogP contribution in [0.3, 0.4) is 0 Å². The Kier molecular flexibility index (Phi) is 4.31. The van der Waals surface area contributed by atoms with E-state index in [1.807, 2.05) is 0 Å². The summed E-state index contributed by atoms with van der Waals surface area (Å²) in [5.41, 5.74) is 5.89. The molecule has 6 heteroatoms. The second-order valence-corrected chi connectivity index (χ2v) is 4.56. The van der Waals surface area contributed by atoms with Crippen LogP contribution in [-0.2, 0) is 0 Å². The molecule has 104 valence electrons. The van der Waals surface area contributed by atoms with Gasteiger partial charge in [-0.1, -0.05) is 6.07 Å². The van der Waals surface area contributed by atoms with E-state index in [9.17, 15) is 13.6 Å². The highest BCUT2D eigenvalue weighted by Crippen LogP contribution is 2.32. The lowest BCUT2D eigenvalue weighted by atomic mass is 10.1. The molecular formula is C13H16F2N2O2. The molecular weight excluding hydrogens is 254 g/mol. The highest BCUT2D eigenvalue weighted by Gasteiger charge is 2.31. The second-order valence-electron chi connectivity index (χ2n) is 4.56. The Bertz CT molecular complexity index is 450. The molecule has 1 amide bonds. The molecule has 1 saturated carbocycles. The summed E-state index contributed by atoms with van der Waals surface area (Å²) in [6, 6.07) is 5.67. The number of hydrogen-bond acceptors (Lipinski definition) is 3. The number of benzene rings is 1. The van der Waals surface area contributed by atoms with E-state index < -0.39 is 6.61 Å². The SMILES string of the molecule is NCC(NC(=O)c1cccc(OC(F)F)c1)C1CC1. The first-order valence-corrected chi connectivity index (χ1v) is 6.16. The van der Waals surface area contributed by atoms with Crippen LogP contribution in [0.25, 0.3) is 0 Å². The van der Waals surface area contributed by atoms with E-state index >= 15 is 0 Å². The van der Waals surface area contributed by atoms with Crippen molar-refractivity contribution in [2.24, 2.45) is 11.7 Å². The molecule has 1 atom stereocenters. The Balaban J connectivity index is 2.01. The van der Waals surface area contributed by atoms with Gasteiger partial charge in [-0.3, -0.25) is 4.79 Å². The van der Waals surface area contributed by atoms with Gasteiger partial charge in [-0.05, 0) is 37.0 Å². The van der Waals surface area contributed by atoms with Gasteiger partial charge >= 0.3 is 6.61 Å². The number of halogens is 2. The van der Waals surface area contributed by atoms with E-state index in [0.717, 1.165) is 12.8 Å². The number of carbonyl (C=O) groups is 1. The number of ether oxygens (including phenoxy) is 1. The van der Waals surface area contributed by atoms with E-state index in [-0.39, 0.29) is 23.3 Å². The third-order valence-electron chi connectivity index (χ3n) is 3.08. The fourth-order valence-corrected chi connectivity index (χ4v) is 1.93. The maximum Gasteiger partial charge on any atom is 0.387 e. The van der Waals surface area contributed by atoms with Crippen LogP contribution >= 0.6 is 0 Å². The number of amides is 1. The van der Waals surface area contributed by atoms with Gasteiger partial charge in [-0.2, -0.15) is 8.78 Å². The smallest absolute Gasteiger partial charge is 0.387 e. The topological polar surface area (TPSA) is 64.3 Å². The van der Waals surface area contributed by atoms with Gasteiger partial charge in [-0.15, -0.1) is 0 Å².